The largest absolute Gasteiger partial charge is 0.495 e. The van der Waals surface area contributed by atoms with Gasteiger partial charge in [0.1, 0.15) is 5.75 Å². The lowest BCUT2D eigenvalue weighted by Crippen LogP contribution is -2.58. The van der Waals surface area contributed by atoms with E-state index in [0.29, 0.717) is 23.6 Å². The monoisotopic (exact) mass is 264 g/mol. The summed E-state index contributed by atoms with van der Waals surface area (Å²) in [5.41, 5.74) is 7.81. The van der Waals surface area contributed by atoms with E-state index in [-0.39, 0.29) is 5.41 Å². The Kier molecular flexibility index (Phi) is 3.90. The first-order valence-corrected chi connectivity index (χ1v) is 6.81. The fourth-order valence-electron chi connectivity index (χ4n) is 2.65. The van der Waals surface area contributed by atoms with Crippen molar-refractivity contribution in [3.8, 4) is 5.75 Å². The number of benzene rings is 1. The zero-order valence-corrected chi connectivity index (χ0v) is 12.2. The summed E-state index contributed by atoms with van der Waals surface area (Å²) in [6, 6.07) is 6.18. The van der Waals surface area contributed by atoms with Gasteiger partial charge >= 0.3 is 0 Å². The number of para-hydroxylation sites is 1. The second kappa shape index (κ2) is 5.29. The van der Waals surface area contributed by atoms with Crippen LogP contribution in [0.3, 0.4) is 0 Å². The molecule has 0 amide bonds. The van der Waals surface area contributed by atoms with Crippen LogP contribution in [0.4, 0.5) is 11.4 Å². The van der Waals surface area contributed by atoms with Gasteiger partial charge in [0.15, 0.2) is 0 Å². The number of methoxy groups -OCH3 is 1. The first-order chi connectivity index (χ1) is 9.00. The summed E-state index contributed by atoms with van der Waals surface area (Å²) in [6.45, 7) is 7.26. The molecule has 1 aromatic rings. The molecule has 0 bridgehead atoms. The summed E-state index contributed by atoms with van der Waals surface area (Å²) in [6.07, 6.45) is 1.33. The van der Waals surface area contributed by atoms with Crippen molar-refractivity contribution in [1.29, 1.82) is 0 Å². The molecule has 1 fully saturated rings. The van der Waals surface area contributed by atoms with E-state index in [1.54, 1.807) is 7.11 Å². The van der Waals surface area contributed by atoms with Crippen molar-refractivity contribution in [2.75, 3.05) is 24.8 Å². The third-order valence-electron chi connectivity index (χ3n) is 4.16. The molecule has 2 unspecified atom stereocenters. The molecule has 19 heavy (non-hydrogen) atoms. The summed E-state index contributed by atoms with van der Waals surface area (Å²) >= 11 is 0. The first kappa shape index (κ1) is 14.0. The maximum Gasteiger partial charge on any atom is 0.143 e. The molecule has 4 heteroatoms. The minimum Gasteiger partial charge on any atom is -0.495 e. The molecule has 1 aromatic carbocycles. The van der Waals surface area contributed by atoms with Crippen LogP contribution in [0, 0.1) is 5.41 Å². The van der Waals surface area contributed by atoms with Crippen LogP contribution in [0.25, 0.3) is 0 Å². The van der Waals surface area contributed by atoms with E-state index in [9.17, 15) is 0 Å². The molecule has 0 saturated heterocycles. The SMILES string of the molecule is CCOC1CC(Nc2cccc(OC)c2N)C1(C)C. The second-order valence-electron chi connectivity index (χ2n) is 5.62. The minimum atomic E-state index is 0.117. The van der Waals surface area contributed by atoms with Gasteiger partial charge in [0.05, 0.1) is 24.6 Å². The van der Waals surface area contributed by atoms with E-state index < -0.39 is 0 Å². The summed E-state index contributed by atoms with van der Waals surface area (Å²) in [5, 5.41) is 3.52. The lowest BCUT2D eigenvalue weighted by molar-refractivity contribution is -0.0975. The Morgan fingerprint density at radius 2 is 2.16 bits per heavy atom. The highest BCUT2D eigenvalue weighted by Gasteiger charge is 2.49. The molecule has 1 saturated carbocycles. The molecule has 3 N–H and O–H groups in total. The van der Waals surface area contributed by atoms with Crippen molar-refractivity contribution < 1.29 is 9.47 Å². The van der Waals surface area contributed by atoms with Gasteiger partial charge in [-0.3, -0.25) is 0 Å². The number of hydrogen-bond acceptors (Lipinski definition) is 4. The van der Waals surface area contributed by atoms with Crippen LogP contribution in [0.5, 0.6) is 5.75 Å². The van der Waals surface area contributed by atoms with Crippen LogP contribution in [0.15, 0.2) is 18.2 Å². The molecule has 2 rings (SSSR count). The van der Waals surface area contributed by atoms with Gasteiger partial charge in [-0.2, -0.15) is 0 Å². The lowest BCUT2D eigenvalue weighted by atomic mass is 9.64. The van der Waals surface area contributed by atoms with Gasteiger partial charge in [-0.15, -0.1) is 0 Å². The van der Waals surface area contributed by atoms with Crippen molar-refractivity contribution in [2.45, 2.75) is 39.3 Å². The Balaban J connectivity index is 2.07. The average Bonchev–Trinajstić information content (AvgIpc) is 2.39. The van der Waals surface area contributed by atoms with Gasteiger partial charge in [-0.1, -0.05) is 19.9 Å². The Labute approximate surface area is 115 Å². The zero-order chi connectivity index (χ0) is 14.0. The topological polar surface area (TPSA) is 56.5 Å². The van der Waals surface area contributed by atoms with Gasteiger partial charge in [0.25, 0.3) is 0 Å². The van der Waals surface area contributed by atoms with Crippen molar-refractivity contribution in [1.82, 2.24) is 0 Å². The normalized spacial score (nSPS) is 24.6. The van der Waals surface area contributed by atoms with Gasteiger partial charge < -0.3 is 20.5 Å². The smallest absolute Gasteiger partial charge is 0.143 e. The van der Waals surface area contributed by atoms with Crippen LogP contribution in [-0.4, -0.2) is 25.9 Å². The molecule has 1 aliphatic rings. The van der Waals surface area contributed by atoms with Crippen molar-refractivity contribution in [2.24, 2.45) is 5.41 Å². The van der Waals surface area contributed by atoms with E-state index in [4.69, 9.17) is 15.2 Å². The molecular formula is C15H24N2O2. The Morgan fingerprint density at radius 3 is 2.74 bits per heavy atom. The number of ether oxygens (including phenoxy) is 2. The van der Waals surface area contributed by atoms with E-state index in [2.05, 4.69) is 19.2 Å². The van der Waals surface area contributed by atoms with Gasteiger partial charge in [0, 0.05) is 18.1 Å². The maximum absolute atomic E-state index is 6.08. The Bertz CT molecular complexity index is 446. The number of nitrogens with one attached hydrogen (secondary N) is 1. The first-order valence-electron chi connectivity index (χ1n) is 6.81. The van der Waals surface area contributed by atoms with Gasteiger partial charge in [-0.25, -0.2) is 0 Å². The zero-order valence-electron chi connectivity index (χ0n) is 12.2. The van der Waals surface area contributed by atoms with Crippen LogP contribution < -0.4 is 15.8 Å². The van der Waals surface area contributed by atoms with Crippen LogP contribution in [0.2, 0.25) is 0 Å². The predicted octanol–water partition coefficient (Wildman–Crippen LogP) is 2.89. The average molecular weight is 264 g/mol. The Hall–Kier alpha value is -1.42. The number of nitrogens with two attached hydrogens (primary N) is 1. The van der Waals surface area contributed by atoms with E-state index >= 15 is 0 Å². The van der Waals surface area contributed by atoms with Gasteiger partial charge in [-0.05, 0) is 25.5 Å². The lowest BCUT2D eigenvalue weighted by Gasteiger charge is -2.52. The highest BCUT2D eigenvalue weighted by atomic mass is 16.5. The molecule has 2 atom stereocenters. The van der Waals surface area contributed by atoms with E-state index in [1.807, 2.05) is 25.1 Å². The summed E-state index contributed by atoms with van der Waals surface area (Å²) in [5.74, 6) is 0.712. The number of nitrogen functional groups attached to an aromatic ring is 1. The third-order valence-corrected chi connectivity index (χ3v) is 4.16. The van der Waals surface area contributed by atoms with Crippen molar-refractivity contribution >= 4 is 11.4 Å². The molecule has 0 aromatic heterocycles. The molecule has 0 aliphatic heterocycles. The number of anilines is 2. The van der Waals surface area contributed by atoms with E-state index in [1.165, 1.54) is 0 Å². The quantitative estimate of drug-likeness (QED) is 0.803. The van der Waals surface area contributed by atoms with Crippen LogP contribution >= 0.6 is 0 Å². The van der Waals surface area contributed by atoms with Gasteiger partial charge in [0.2, 0.25) is 0 Å². The third kappa shape index (κ3) is 2.50. The highest BCUT2D eigenvalue weighted by molar-refractivity contribution is 5.73. The van der Waals surface area contributed by atoms with Crippen molar-refractivity contribution in [3.63, 3.8) is 0 Å². The van der Waals surface area contributed by atoms with Crippen LogP contribution in [0.1, 0.15) is 27.2 Å². The molecule has 0 radical (unpaired) electrons. The molecule has 106 valence electrons. The summed E-state index contributed by atoms with van der Waals surface area (Å²) < 4.78 is 11.0. The standard InChI is InChI=1S/C15H24N2O2/c1-5-19-13-9-12(15(13,2)3)17-10-7-6-8-11(18-4)14(10)16/h6-8,12-13,17H,5,9,16H2,1-4H3. The van der Waals surface area contributed by atoms with Crippen molar-refractivity contribution in [3.05, 3.63) is 18.2 Å². The summed E-state index contributed by atoms with van der Waals surface area (Å²) in [7, 11) is 1.63. The molecular weight excluding hydrogens is 240 g/mol. The molecule has 0 heterocycles. The Morgan fingerprint density at radius 1 is 1.42 bits per heavy atom. The number of hydrogen-bond donors (Lipinski definition) is 2. The minimum absolute atomic E-state index is 0.117. The predicted molar refractivity (Wildman–Crippen MR) is 78.6 cm³/mol. The fraction of sp³-hybridized carbons (Fsp3) is 0.600. The molecule has 0 spiro atoms. The maximum atomic E-state index is 6.08. The molecule has 4 nitrogen and oxygen atoms in total. The van der Waals surface area contributed by atoms with E-state index in [0.717, 1.165) is 18.7 Å². The summed E-state index contributed by atoms with van der Waals surface area (Å²) in [4.78, 5) is 0. The molecule has 1 aliphatic carbocycles. The highest BCUT2D eigenvalue weighted by Crippen LogP contribution is 2.45. The second-order valence-corrected chi connectivity index (χ2v) is 5.62. The fourth-order valence-corrected chi connectivity index (χ4v) is 2.65. The van der Waals surface area contributed by atoms with Crippen LogP contribution in [-0.2, 0) is 4.74 Å². The number of rotatable bonds is 5.